The van der Waals surface area contributed by atoms with Crippen molar-refractivity contribution in [2.24, 2.45) is 5.41 Å². The van der Waals surface area contributed by atoms with Gasteiger partial charge in [0.2, 0.25) is 11.7 Å². The van der Waals surface area contributed by atoms with Crippen LogP contribution in [0, 0.1) is 5.41 Å². The number of benzene rings is 1. The summed E-state index contributed by atoms with van der Waals surface area (Å²) in [5.41, 5.74) is 2.87. The fraction of sp³-hybridized carbons (Fsp3) is 0.364. The molecule has 0 radical (unpaired) electrons. The zero-order chi connectivity index (χ0) is 21.5. The summed E-state index contributed by atoms with van der Waals surface area (Å²) in [6, 6.07) is 9.80. The van der Waals surface area contributed by atoms with Gasteiger partial charge >= 0.3 is 0 Å². The first-order valence-corrected chi connectivity index (χ1v) is 10.8. The lowest BCUT2D eigenvalue weighted by atomic mass is 10.1. The van der Waals surface area contributed by atoms with Gasteiger partial charge in [-0.3, -0.25) is 4.79 Å². The first-order chi connectivity index (χ1) is 15.7. The molecule has 0 atom stereocenters. The number of hydrogen-bond acceptors (Lipinski definition) is 7. The maximum Gasteiger partial charge on any atom is 0.227 e. The quantitative estimate of drug-likeness (QED) is 0.508. The highest BCUT2D eigenvalue weighted by Gasteiger charge is 2.47. The lowest BCUT2D eigenvalue weighted by Gasteiger charge is -2.25. The Balaban J connectivity index is 1.18. The van der Waals surface area contributed by atoms with Crippen LogP contribution in [0.25, 0.3) is 22.4 Å². The van der Waals surface area contributed by atoms with Crippen molar-refractivity contribution in [1.82, 2.24) is 40.5 Å². The molecule has 1 saturated carbocycles. The molecule has 32 heavy (non-hydrogen) atoms. The summed E-state index contributed by atoms with van der Waals surface area (Å²) in [6.45, 7) is 3.19. The van der Waals surface area contributed by atoms with E-state index in [0.29, 0.717) is 18.8 Å². The van der Waals surface area contributed by atoms with Gasteiger partial charge in [-0.25, -0.2) is 9.97 Å². The molecule has 2 fully saturated rings. The predicted molar refractivity (Wildman–Crippen MR) is 118 cm³/mol. The number of amides is 1. The Morgan fingerprint density at radius 2 is 1.94 bits per heavy atom. The molecule has 1 amide bonds. The number of nitrogens with one attached hydrogen (secondary N) is 2. The average Bonchev–Trinajstić information content (AvgIpc) is 3.19. The van der Waals surface area contributed by atoms with Crippen LogP contribution in [0.5, 0.6) is 0 Å². The third-order valence-electron chi connectivity index (χ3n) is 6.55. The molecule has 10 heteroatoms. The van der Waals surface area contributed by atoms with Crippen molar-refractivity contribution in [2.75, 3.05) is 31.1 Å². The summed E-state index contributed by atoms with van der Waals surface area (Å²) in [5.74, 6) is 1.67. The minimum atomic E-state index is 0.167. The number of anilines is 1. The van der Waals surface area contributed by atoms with Crippen LogP contribution in [-0.4, -0.2) is 72.6 Å². The predicted octanol–water partition coefficient (Wildman–Crippen LogP) is 1.81. The minimum absolute atomic E-state index is 0.167. The molecule has 2 aliphatic rings. The van der Waals surface area contributed by atoms with Gasteiger partial charge < -0.3 is 14.8 Å². The largest absolute Gasteiger partial charge is 0.354 e. The Kier molecular flexibility index (Phi) is 4.37. The maximum atomic E-state index is 13.2. The summed E-state index contributed by atoms with van der Waals surface area (Å²) in [7, 11) is 0. The monoisotopic (exact) mass is 429 g/mol. The molecule has 6 rings (SSSR count). The molecule has 1 aromatic carbocycles. The lowest BCUT2D eigenvalue weighted by molar-refractivity contribution is -0.130. The summed E-state index contributed by atoms with van der Waals surface area (Å²) in [5, 5.41) is 15.1. The van der Waals surface area contributed by atoms with Crippen molar-refractivity contribution in [2.45, 2.75) is 19.3 Å². The van der Waals surface area contributed by atoms with Gasteiger partial charge in [0.1, 0.15) is 17.8 Å². The van der Waals surface area contributed by atoms with Crippen molar-refractivity contribution in [3.8, 4) is 11.4 Å². The average molecular weight is 429 g/mol. The normalized spacial score (nSPS) is 17.6. The zero-order valence-electron chi connectivity index (χ0n) is 17.5. The van der Waals surface area contributed by atoms with Crippen molar-refractivity contribution < 1.29 is 4.79 Å². The lowest BCUT2D eigenvalue weighted by Crippen LogP contribution is -2.37. The summed E-state index contributed by atoms with van der Waals surface area (Å²) in [4.78, 5) is 29.6. The van der Waals surface area contributed by atoms with Crippen molar-refractivity contribution in [3.63, 3.8) is 0 Å². The molecular weight excluding hydrogens is 406 g/mol. The number of H-pyrrole nitrogens is 2. The highest BCUT2D eigenvalue weighted by Crippen LogP contribution is 2.48. The Morgan fingerprint density at radius 1 is 1.06 bits per heavy atom. The van der Waals surface area contributed by atoms with Crippen LogP contribution in [0.4, 0.5) is 5.82 Å². The molecule has 162 valence electrons. The molecular formula is C22H23N9O. The number of aromatic nitrogens is 7. The van der Waals surface area contributed by atoms with Crippen LogP contribution in [0.3, 0.4) is 0 Å². The van der Waals surface area contributed by atoms with E-state index in [2.05, 4.69) is 40.5 Å². The van der Waals surface area contributed by atoms with Gasteiger partial charge in [0.05, 0.1) is 11.8 Å². The van der Waals surface area contributed by atoms with E-state index >= 15 is 0 Å². The molecule has 1 saturated heterocycles. The third kappa shape index (κ3) is 3.47. The van der Waals surface area contributed by atoms with Gasteiger partial charge in [-0.05, 0) is 29.7 Å². The Morgan fingerprint density at radius 3 is 2.72 bits per heavy atom. The number of aromatic amines is 2. The molecule has 2 N–H and O–H groups in total. The van der Waals surface area contributed by atoms with Gasteiger partial charge in [0, 0.05) is 43.4 Å². The Bertz CT molecular complexity index is 1240. The molecule has 1 aliphatic heterocycles. The van der Waals surface area contributed by atoms with E-state index in [1.165, 1.54) is 0 Å². The molecule has 4 aromatic rings. The molecule has 0 bridgehead atoms. The standard InChI is InChI=1S/C22H23N9O/c32-18(11-15-1-3-16(4-2-15)19-26-28-29-27-19)30-9-10-31(13-22(12-30)6-7-22)21-17-5-8-23-20(17)24-14-25-21/h1-5,8,14H,6-7,9-13H2,(H,23,24,25)(H,26,27,28,29). The first kappa shape index (κ1) is 18.9. The van der Waals surface area contributed by atoms with Crippen molar-refractivity contribution in [3.05, 3.63) is 48.4 Å². The van der Waals surface area contributed by atoms with E-state index in [9.17, 15) is 4.79 Å². The number of tetrazole rings is 1. The SMILES string of the molecule is O=C(Cc1ccc(-c2nn[nH]n2)cc1)N1CCN(c2ncnc3[nH]ccc23)CC2(CC2)C1. The van der Waals surface area contributed by atoms with Crippen molar-refractivity contribution in [1.29, 1.82) is 0 Å². The van der Waals surface area contributed by atoms with Gasteiger partial charge in [-0.15, -0.1) is 10.2 Å². The minimum Gasteiger partial charge on any atom is -0.354 e. The fourth-order valence-corrected chi connectivity index (χ4v) is 4.60. The summed E-state index contributed by atoms with van der Waals surface area (Å²) >= 11 is 0. The highest BCUT2D eigenvalue weighted by molar-refractivity contribution is 5.87. The molecule has 0 unspecified atom stereocenters. The van der Waals surface area contributed by atoms with Gasteiger partial charge in [-0.2, -0.15) is 5.21 Å². The van der Waals surface area contributed by atoms with Gasteiger partial charge in [-0.1, -0.05) is 24.3 Å². The summed E-state index contributed by atoms with van der Waals surface area (Å²) < 4.78 is 0. The zero-order valence-corrected chi connectivity index (χ0v) is 17.5. The van der Waals surface area contributed by atoms with Crippen LogP contribution < -0.4 is 4.90 Å². The Hall–Kier alpha value is -3.82. The molecule has 3 aromatic heterocycles. The van der Waals surface area contributed by atoms with Gasteiger partial charge in [0.25, 0.3) is 0 Å². The van der Waals surface area contributed by atoms with Crippen LogP contribution in [-0.2, 0) is 11.2 Å². The molecule has 1 spiro atoms. The molecule has 1 aliphatic carbocycles. The van der Waals surface area contributed by atoms with E-state index in [4.69, 9.17) is 0 Å². The second-order valence-electron chi connectivity index (χ2n) is 8.78. The smallest absolute Gasteiger partial charge is 0.227 e. The number of carbonyl (C=O) groups is 1. The second kappa shape index (κ2) is 7.40. The summed E-state index contributed by atoms with van der Waals surface area (Å²) in [6.07, 6.45) is 6.19. The van der Waals surface area contributed by atoms with E-state index in [-0.39, 0.29) is 11.3 Å². The van der Waals surface area contributed by atoms with E-state index in [0.717, 1.165) is 60.5 Å². The van der Waals surface area contributed by atoms with E-state index in [1.807, 2.05) is 41.4 Å². The van der Waals surface area contributed by atoms with E-state index in [1.54, 1.807) is 6.33 Å². The number of rotatable bonds is 4. The third-order valence-corrected chi connectivity index (χ3v) is 6.55. The Labute approximate surface area is 184 Å². The first-order valence-electron chi connectivity index (χ1n) is 10.8. The highest BCUT2D eigenvalue weighted by atomic mass is 16.2. The van der Waals surface area contributed by atoms with Crippen LogP contribution in [0.1, 0.15) is 18.4 Å². The maximum absolute atomic E-state index is 13.2. The van der Waals surface area contributed by atoms with E-state index < -0.39 is 0 Å². The topological polar surface area (TPSA) is 120 Å². The fourth-order valence-electron chi connectivity index (χ4n) is 4.60. The number of fused-ring (bicyclic) bond motifs is 1. The van der Waals surface area contributed by atoms with Crippen LogP contribution in [0.15, 0.2) is 42.9 Å². The van der Waals surface area contributed by atoms with Crippen molar-refractivity contribution >= 4 is 22.8 Å². The number of nitrogens with zero attached hydrogens (tertiary/aromatic N) is 7. The van der Waals surface area contributed by atoms with Crippen LogP contribution >= 0.6 is 0 Å². The second-order valence-corrected chi connectivity index (χ2v) is 8.78. The number of carbonyl (C=O) groups excluding carboxylic acids is 1. The molecule has 4 heterocycles. The number of hydrogen-bond donors (Lipinski definition) is 2. The van der Waals surface area contributed by atoms with Gasteiger partial charge in [0.15, 0.2) is 0 Å². The van der Waals surface area contributed by atoms with Crippen LogP contribution in [0.2, 0.25) is 0 Å². The molecule has 10 nitrogen and oxygen atoms in total.